The topological polar surface area (TPSA) is 95.9 Å². The van der Waals surface area contributed by atoms with Gasteiger partial charge in [-0.3, -0.25) is 9.59 Å². The monoisotopic (exact) mass is 920 g/mol. The van der Waals surface area contributed by atoms with E-state index in [4.69, 9.17) is 4.74 Å². The Labute approximate surface area is 406 Å². The maximum absolute atomic E-state index is 12.4. The number of amides is 1. The van der Waals surface area contributed by atoms with E-state index in [1.165, 1.54) is 270 Å². The van der Waals surface area contributed by atoms with Crippen LogP contribution in [0.5, 0.6) is 0 Å². The Balaban J connectivity index is 3.29. The van der Waals surface area contributed by atoms with E-state index in [1.807, 2.05) is 0 Å². The van der Waals surface area contributed by atoms with Gasteiger partial charge in [-0.05, 0) is 25.7 Å². The number of carbonyl (C=O) groups excluding carboxylic acids is 2. The second-order valence-electron chi connectivity index (χ2n) is 20.7. The largest absolute Gasteiger partial charge is 0.466 e. The first-order chi connectivity index (χ1) is 32.0. The maximum Gasteiger partial charge on any atom is 0.305 e. The van der Waals surface area contributed by atoms with E-state index in [-0.39, 0.29) is 18.5 Å². The highest BCUT2D eigenvalue weighted by Crippen LogP contribution is 2.18. The van der Waals surface area contributed by atoms with Gasteiger partial charge in [-0.2, -0.15) is 0 Å². The Bertz CT molecular complexity index is 928. The molecule has 0 aliphatic carbocycles. The molecule has 2 unspecified atom stereocenters. The molecule has 0 aliphatic rings. The van der Waals surface area contributed by atoms with Crippen LogP contribution in [0.4, 0.5) is 0 Å². The van der Waals surface area contributed by atoms with Crippen LogP contribution < -0.4 is 5.32 Å². The van der Waals surface area contributed by atoms with Crippen molar-refractivity contribution >= 4 is 11.9 Å². The van der Waals surface area contributed by atoms with Crippen LogP contribution in [-0.2, 0) is 14.3 Å². The Hall–Kier alpha value is -1.14. The minimum absolute atomic E-state index is 0.0190. The molecule has 0 aromatic rings. The molecule has 65 heavy (non-hydrogen) atoms. The summed E-state index contributed by atoms with van der Waals surface area (Å²) in [6.07, 6.45) is 64.1. The number of ether oxygens (including phenoxy) is 1. The maximum atomic E-state index is 12.4. The van der Waals surface area contributed by atoms with Crippen molar-refractivity contribution in [3.63, 3.8) is 0 Å². The van der Waals surface area contributed by atoms with Crippen molar-refractivity contribution in [3.8, 4) is 0 Å². The van der Waals surface area contributed by atoms with Crippen LogP contribution in [0, 0.1) is 0 Å². The Morgan fingerprint density at radius 2 is 0.631 bits per heavy atom. The number of unbranched alkanes of at least 4 members (excludes halogenated alkanes) is 45. The molecule has 6 heteroatoms. The summed E-state index contributed by atoms with van der Waals surface area (Å²) in [7, 11) is 0. The van der Waals surface area contributed by atoms with Gasteiger partial charge in [0.1, 0.15) is 0 Å². The molecule has 0 bridgehead atoms. The highest BCUT2D eigenvalue weighted by Gasteiger charge is 2.20. The number of rotatable bonds is 56. The van der Waals surface area contributed by atoms with Gasteiger partial charge in [0.25, 0.3) is 0 Å². The van der Waals surface area contributed by atoms with E-state index >= 15 is 0 Å². The van der Waals surface area contributed by atoms with E-state index < -0.39 is 12.1 Å². The molecule has 0 fully saturated rings. The Morgan fingerprint density at radius 3 is 0.938 bits per heavy atom. The quantitative estimate of drug-likeness (QED) is 0.0417. The summed E-state index contributed by atoms with van der Waals surface area (Å²) in [6.45, 7) is 4.95. The van der Waals surface area contributed by atoms with Crippen LogP contribution in [0.1, 0.15) is 341 Å². The lowest BCUT2D eigenvalue weighted by molar-refractivity contribution is -0.143. The molecule has 0 rings (SSSR count). The molecule has 0 radical (unpaired) electrons. The zero-order valence-corrected chi connectivity index (χ0v) is 44.3. The molecule has 0 spiro atoms. The molecule has 0 saturated carbocycles. The summed E-state index contributed by atoms with van der Waals surface area (Å²) >= 11 is 0. The molecule has 3 N–H and O–H groups in total. The van der Waals surface area contributed by atoms with E-state index in [2.05, 4.69) is 19.2 Å². The smallest absolute Gasteiger partial charge is 0.305 e. The molecular weight excluding hydrogens is 803 g/mol. The summed E-state index contributed by atoms with van der Waals surface area (Å²) in [5.41, 5.74) is 0. The molecule has 6 nitrogen and oxygen atoms in total. The summed E-state index contributed by atoms with van der Waals surface area (Å²) in [4.78, 5) is 24.4. The molecule has 0 aromatic heterocycles. The minimum Gasteiger partial charge on any atom is -0.466 e. The van der Waals surface area contributed by atoms with E-state index in [9.17, 15) is 19.8 Å². The standard InChI is InChI=1S/C59H117NO5/c1-3-5-7-9-11-13-32-37-41-45-49-53-59(64)65-54-50-46-42-38-34-31-29-27-25-23-21-19-17-15-14-16-18-20-22-24-26-28-30-33-36-40-44-48-52-58(63)60-56(55-61)57(62)51-47-43-39-35-12-10-8-6-4-2/h56-57,61-62H,3-55H2,1-2H3,(H,60,63). The lowest BCUT2D eigenvalue weighted by Gasteiger charge is -2.22. The van der Waals surface area contributed by atoms with Gasteiger partial charge in [0, 0.05) is 12.8 Å². The van der Waals surface area contributed by atoms with Gasteiger partial charge in [0.2, 0.25) is 5.91 Å². The fourth-order valence-electron chi connectivity index (χ4n) is 9.58. The van der Waals surface area contributed by atoms with Crippen molar-refractivity contribution < 1.29 is 24.5 Å². The van der Waals surface area contributed by atoms with Gasteiger partial charge in [-0.15, -0.1) is 0 Å². The van der Waals surface area contributed by atoms with E-state index in [0.717, 1.165) is 38.5 Å². The van der Waals surface area contributed by atoms with Crippen LogP contribution in [0.15, 0.2) is 0 Å². The van der Waals surface area contributed by atoms with Crippen molar-refractivity contribution in [1.29, 1.82) is 0 Å². The van der Waals surface area contributed by atoms with Crippen molar-refractivity contribution in [3.05, 3.63) is 0 Å². The SMILES string of the molecule is CCCCCCCCCCCCCC(=O)OCCCCCCCCCCCCCCCCCCCCCCCCCCCCCCC(=O)NC(CO)C(O)CCCCCCCCCCC. The molecule has 0 aliphatic heterocycles. The van der Waals surface area contributed by atoms with Crippen LogP contribution >= 0.6 is 0 Å². The van der Waals surface area contributed by atoms with Crippen molar-refractivity contribution in [2.75, 3.05) is 13.2 Å². The molecule has 0 aromatic carbocycles. The molecule has 1 amide bonds. The third-order valence-corrected chi connectivity index (χ3v) is 14.2. The minimum atomic E-state index is -0.658. The number of carbonyl (C=O) groups is 2. The number of hydrogen-bond donors (Lipinski definition) is 3. The number of hydrogen-bond acceptors (Lipinski definition) is 5. The predicted molar refractivity (Wildman–Crippen MR) is 283 cm³/mol. The Morgan fingerprint density at radius 1 is 0.369 bits per heavy atom. The first kappa shape index (κ1) is 63.9. The molecule has 0 saturated heterocycles. The first-order valence-electron chi connectivity index (χ1n) is 29.8. The highest BCUT2D eigenvalue weighted by atomic mass is 16.5. The van der Waals surface area contributed by atoms with Crippen LogP contribution in [-0.4, -0.2) is 47.4 Å². The lowest BCUT2D eigenvalue weighted by Crippen LogP contribution is -2.45. The third kappa shape index (κ3) is 52.1. The fourth-order valence-corrected chi connectivity index (χ4v) is 9.58. The zero-order chi connectivity index (χ0) is 47.2. The average Bonchev–Trinajstić information content (AvgIpc) is 3.31. The molecule has 388 valence electrons. The van der Waals surface area contributed by atoms with Crippen LogP contribution in [0.3, 0.4) is 0 Å². The van der Waals surface area contributed by atoms with Gasteiger partial charge in [0.05, 0.1) is 25.4 Å². The van der Waals surface area contributed by atoms with Gasteiger partial charge < -0.3 is 20.3 Å². The predicted octanol–water partition coefficient (Wildman–Crippen LogP) is 18.3. The summed E-state index contributed by atoms with van der Waals surface area (Å²) in [6, 6.07) is -0.535. The van der Waals surface area contributed by atoms with Gasteiger partial charge >= 0.3 is 5.97 Å². The molecule has 0 heterocycles. The first-order valence-corrected chi connectivity index (χ1v) is 29.8. The van der Waals surface area contributed by atoms with Crippen molar-refractivity contribution in [2.45, 2.75) is 353 Å². The Kier molecular flexibility index (Phi) is 54.5. The van der Waals surface area contributed by atoms with Crippen LogP contribution in [0.25, 0.3) is 0 Å². The van der Waals surface area contributed by atoms with E-state index in [0.29, 0.717) is 25.9 Å². The molecule has 2 atom stereocenters. The second-order valence-corrected chi connectivity index (χ2v) is 20.7. The fraction of sp³-hybridized carbons (Fsp3) is 0.966. The average molecular weight is 921 g/mol. The van der Waals surface area contributed by atoms with E-state index in [1.54, 1.807) is 0 Å². The number of aliphatic hydroxyl groups is 2. The van der Waals surface area contributed by atoms with Crippen molar-refractivity contribution in [1.82, 2.24) is 5.32 Å². The van der Waals surface area contributed by atoms with Crippen molar-refractivity contribution in [2.24, 2.45) is 0 Å². The number of esters is 1. The summed E-state index contributed by atoms with van der Waals surface area (Å²) < 4.78 is 5.47. The van der Waals surface area contributed by atoms with Crippen LogP contribution in [0.2, 0.25) is 0 Å². The number of aliphatic hydroxyl groups excluding tert-OH is 2. The number of nitrogens with one attached hydrogen (secondary N) is 1. The second kappa shape index (κ2) is 55.5. The lowest BCUT2D eigenvalue weighted by atomic mass is 10.0. The normalized spacial score (nSPS) is 12.5. The molecular formula is C59H117NO5. The zero-order valence-electron chi connectivity index (χ0n) is 44.3. The summed E-state index contributed by atoms with van der Waals surface area (Å²) in [5.74, 6) is -0.0135. The van der Waals surface area contributed by atoms with Gasteiger partial charge in [-0.1, -0.05) is 303 Å². The van der Waals surface area contributed by atoms with Gasteiger partial charge in [0.15, 0.2) is 0 Å². The van der Waals surface area contributed by atoms with Gasteiger partial charge in [-0.25, -0.2) is 0 Å². The third-order valence-electron chi connectivity index (χ3n) is 14.2. The highest BCUT2D eigenvalue weighted by molar-refractivity contribution is 5.76. The summed E-state index contributed by atoms with van der Waals surface area (Å²) in [5, 5.41) is 23.1.